The van der Waals surface area contributed by atoms with Crippen LogP contribution in [0.4, 0.5) is 8.78 Å². The maximum absolute atomic E-state index is 11.5. The normalized spacial score (nSPS) is 13.6. The van der Waals surface area contributed by atoms with Gasteiger partial charge in [-0.15, -0.1) is 0 Å². The molecule has 0 fully saturated rings. The average molecular weight is 199 g/mol. The molecule has 0 aliphatic heterocycles. The molecule has 1 atom stereocenters. The number of rotatable bonds is 8. The van der Waals surface area contributed by atoms with Gasteiger partial charge in [0.25, 0.3) is 6.43 Å². The van der Waals surface area contributed by atoms with E-state index in [2.05, 4.69) is 10.1 Å². The van der Waals surface area contributed by atoms with Crippen molar-refractivity contribution < 1.29 is 23.7 Å². The van der Waals surface area contributed by atoms with Crippen molar-refractivity contribution in [1.29, 1.82) is 0 Å². The zero-order valence-corrected chi connectivity index (χ0v) is 7.25. The van der Waals surface area contributed by atoms with Crippen LogP contribution in [0.25, 0.3) is 0 Å². The van der Waals surface area contributed by atoms with Crippen LogP contribution in [0.1, 0.15) is 0 Å². The zero-order valence-electron chi connectivity index (χ0n) is 7.25. The van der Waals surface area contributed by atoms with E-state index in [1.807, 2.05) is 0 Å². The first kappa shape index (κ1) is 12.7. The Labute approximate surface area is 75.5 Å². The molecule has 0 aliphatic rings. The number of halogens is 2. The van der Waals surface area contributed by atoms with E-state index in [9.17, 15) is 8.78 Å². The highest BCUT2D eigenvalue weighted by Crippen LogP contribution is 1.91. The predicted molar refractivity (Wildman–Crippen MR) is 42.8 cm³/mol. The van der Waals surface area contributed by atoms with Crippen LogP contribution in [0.2, 0.25) is 0 Å². The maximum atomic E-state index is 11.5. The van der Waals surface area contributed by atoms with E-state index >= 15 is 0 Å². The average Bonchev–Trinajstić information content (AvgIpc) is 2.10. The van der Waals surface area contributed by atoms with Gasteiger partial charge in [-0.3, -0.25) is 0 Å². The molecule has 13 heavy (non-hydrogen) atoms. The number of aliphatic hydroxyl groups excluding tert-OH is 2. The van der Waals surface area contributed by atoms with Crippen molar-refractivity contribution in [1.82, 2.24) is 5.32 Å². The molecule has 0 aromatic rings. The molecule has 6 heteroatoms. The number of ether oxygens (including phenoxy) is 1. The van der Waals surface area contributed by atoms with Gasteiger partial charge in [0.15, 0.2) is 0 Å². The van der Waals surface area contributed by atoms with Crippen LogP contribution in [0.3, 0.4) is 0 Å². The Bertz CT molecular complexity index is 116. The molecule has 0 aromatic heterocycles. The third-order valence-electron chi connectivity index (χ3n) is 1.26. The van der Waals surface area contributed by atoms with E-state index in [1.165, 1.54) is 0 Å². The number of hydrogen-bond donors (Lipinski definition) is 3. The van der Waals surface area contributed by atoms with Gasteiger partial charge in [-0.2, -0.15) is 0 Å². The van der Waals surface area contributed by atoms with E-state index in [1.54, 1.807) is 0 Å². The van der Waals surface area contributed by atoms with E-state index in [0.29, 0.717) is 6.54 Å². The van der Waals surface area contributed by atoms with Crippen LogP contribution < -0.4 is 5.32 Å². The van der Waals surface area contributed by atoms with Gasteiger partial charge in [-0.25, -0.2) is 8.78 Å². The summed E-state index contributed by atoms with van der Waals surface area (Å²) in [5.41, 5.74) is 0. The number of nitrogens with one attached hydrogen (secondary N) is 1. The lowest BCUT2D eigenvalue weighted by molar-refractivity contribution is 0.0175. The summed E-state index contributed by atoms with van der Waals surface area (Å²) in [7, 11) is 0. The topological polar surface area (TPSA) is 61.7 Å². The Kier molecular flexibility index (Phi) is 8.11. The quantitative estimate of drug-likeness (QED) is 0.448. The third kappa shape index (κ3) is 9.62. The van der Waals surface area contributed by atoms with Crippen LogP contribution in [0, 0.1) is 0 Å². The van der Waals surface area contributed by atoms with Crippen molar-refractivity contribution in [3.8, 4) is 0 Å². The molecular weight excluding hydrogens is 184 g/mol. The Hall–Kier alpha value is -0.300. The summed E-state index contributed by atoms with van der Waals surface area (Å²) >= 11 is 0. The summed E-state index contributed by atoms with van der Waals surface area (Å²) in [5, 5.41) is 19.9. The fraction of sp³-hybridized carbons (Fsp3) is 1.00. The van der Waals surface area contributed by atoms with Gasteiger partial charge in [0.2, 0.25) is 0 Å². The summed E-state index contributed by atoms with van der Waals surface area (Å²) in [5.74, 6) is 0. The van der Waals surface area contributed by atoms with Crippen LogP contribution in [0.15, 0.2) is 0 Å². The molecule has 0 heterocycles. The second kappa shape index (κ2) is 8.31. The number of aliphatic hydroxyl groups is 2. The molecule has 0 aliphatic carbocycles. The molecule has 0 radical (unpaired) electrons. The molecule has 0 saturated heterocycles. The highest BCUT2D eigenvalue weighted by molar-refractivity contribution is 4.56. The second-order valence-corrected chi connectivity index (χ2v) is 2.51. The molecule has 0 rings (SSSR count). The summed E-state index contributed by atoms with van der Waals surface area (Å²) in [6.07, 6.45) is -3.25. The fourth-order valence-corrected chi connectivity index (χ4v) is 0.650. The van der Waals surface area contributed by atoms with Crippen molar-refractivity contribution in [2.45, 2.75) is 12.5 Å². The SMILES string of the molecule is OC[C@@H](O)CNCCOCC(F)F. The smallest absolute Gasteiger partial charge is 0.261 e. The van der Waals surface area contributed by atoms with Crippen LogP contribution in [0.5, 0.6) is 0 Å². The minimum atomic E-state index is -2.44. The molecule has 0 spiro atoms. The second-order valence-electron chi connectivity index (χ2n) is 2.51. The van der Waals surface area contributed by atoms with Crippen LogP contribution in [-0.2, 0) is 4.74 Å². The lowest BCUT2D eigenvalue weighted by Gasteiger charge is -2.08. The van der Waals surface area contributed by atoms with Crippen LogP contribution >= 0.6 is 0 Å². The molecular formula is C7H15F2NO3. The summed E-state index contributed by atoms with van der Waals surface area (Å²) in [4.78, 5) is 0. The minimum absolute atomic E-state index is 0.169. The Morgan fingerprint density at radius 2 is 2.08 bits per heavy atom. The Balaban J connectivity index is 2.99. The monoisotopic (exact) mass is 199 g/mol. The highest BCUT2D eigenvalue weighted by atomic mass is 19.3. The summed E-state index contributed by atoms with van der Waals surface area (Å²) < 4.78 is 27.6. The standard InChI is InChI=1S/C7H15F2NO3/c8-7(9)5-13-2-1-10-3-6(12)4-11/h6-7,10-12H,1-5H2/t6-/m0/s1. The zero-order chi connectivity index (χ0) is 10.1. The van der Waals surface area contributed by atoms with Crippen molar-refractivity contribution in [2.24, 2.45) is 0 Å². The van der Waals surface area contributed by atoms with E-state index < -0.39 is 19.1 Å². The first-order chi connectivity index (χ1) is 6.16. The van der Waals surface area contributed by atoms with Crippen molar-refractivity contribution in [3.05, 3.63) is 0 Å². The van der Waals surface area contributed by atoms with Crippen molar-refractivity contribution >= 4 is 0 Å². The highest BCUT2D eigenvalue weighted by Gasteiger charge is 2.02. The van der Waals surface area contributed by atoms with Crippen molar-refractivity contribution in [2.75, 3.05) is 32.9 Å². The largest absolute Gasteiger partial charge is 0.394 e. The molecule has 0 bridgehead atoms. The lowest BCUT2D eigenvalue weighted by Crippen LogP contribution is -2.31. The first-order valence-electron chi connectivity index (χ1n) is 4.02. The molecule has 0 unspecified atom stereocenters. The van der Waals surface area contributed by atoms with Gasteiger partial charge >= 0.3 is 0 Å². The third-order valence-corrected chi connectivity index (χ3v) is 1.26. The minimum Gasteiger partial charge on any atom is -0.394 e. The maximum Gasteiger partial charge on any atom is 0.261 e. The molecule has 80 valence electrons. The fourth-order valence-electron chi connectivity index (χ4n) is 0.650. The van der Waals surface area contributed by atoms with Gasteiger partial charge in [0.05, 0.1) is 19.3 Å². The van der Waals surface area contributed by atoms with E-state index in [4.69, 9.17) is 10.2 Å². The van der Waals surface area contributed by atoms with Crippen molar-refractivity contribution in [3.63, 3.8) is 0 Å². The van der Waals surface area contributed by atoms with Gasteiger partial charge in [-0.05, 0) is 0 Å². The van der Waals surface area contributed by atoms with Gasteiger partial charge < -0.3 is 20.3 Å². The summed E-state index contributed by atoms with van der Waals surface area (Å²) in [6, 6.07) is 0. The van der Waals surface area contributed by atoms with Gasteiger partial charge in [0.1, 0.15) is 6.61 Å². The number of alkyl halides is 2. The Morgan fingerprint density at radius 3 is 2.62 bits per heavy atom. The lowest BCUT2D eigenvalue weighted by atomic mass is 10.4. The van der Waals surface area contributed by atoms with Crippen LogP contribution in [-0.4, -0.2) is 55.7 Å². The molecule has 0 saturated carbocycles. The molecule has 3 N–H and O–H groups in total. The predicted octanol–water partition coefficient (Wildman–Crippen LogP) is -0.789. The molecule has 0 aromatic carbocycles. The first-order valence-corrected chi connectivity index (χ1v) is 4.02. The molecule has 4 nitrogen and oxygen atoms in total. The number of hydrogen-bond acceptors (Lipinski definition) is 4. The Morgan fingerprint density at radius 1 is 1.38 bits per heavy atom. The van der Waals surface area contributed by atoms with Gasteiger partial charge in [-0.1, -0.05) is 0 Å². The molecule has 0 amide bonds. The summed E-state index contributed by atoms with van der Waals surface area (Å²) in [6.45, 7) is -0.101. The van der Waals surface area contributed by atoms with E-state index in [0.717, 1.165) is 0 Å². The van der Waals surface area contributed by atoms with Gasteiger partial charge in [0, 0.05) is 13.1 Å². The van der Waals surface area contributed by atoms with E-state index in [-0.39, 0.29) is 19.8 Å².